The maximum absolute atomic E-state index is 3.57. The van der Waals surface area contributed by atoms with E-state index < -0.39 is 0 Å². The molecular weight excluding hydrogens is 196 g/mol. The Kier molecular flexibility index (Phi) is 3.20. The molecule has 16 heavy (non-hydrogen) atoms. The van der Waals surface area contributed by atoms with Crippen molar-refractivity contribution in [3.63, 3.8) is 0 Å². The second-order valence-corrected chi connectivity index (χ2v) is 5.11. The monoisotopic (exact) mass is 218 g/mol. The minimum absolute atomic E-state index is 0.550. The third-order valence-corrected chi connectivity index (χ3v) is 3.34. The number of rotatable bonds is 1. The fraction of sp³-hybridized carbons (Fsp3) is 0.571. The van der Waals surface area contributed by atoms with E-state index in [1.807, 2.05) is 0 Å². The van der Waals surface area contributed by atoms with Gasteiger partial charge in [-0.2, -0.15) is 0 Å². The zero-order valence-corrected chi connectivity index (χ0v) is 10.7. The van der Waals surface area contributed by atoms with Crippen LogP contribution in [0.15, 0.2) is 18.2 Å². The van der Waals surface area contributed by atoms with Gasteiger partial charge in [0.1, 0.15) is 0 Å². The topological polar surface area (TPSA) is 15.3 Å². The van der Waals surface area contributed by atoms with E-state index in [-0.39, 0.29) is 0 Å². The molecule has 0 saturated heterocycles. The maximum atomic E-state index is 3.57. The van der Waals surface area contributed by atoms with Gasteiger partial charge in [0.05, 0.1) is 0 Å². The number of nitrogens with zero attached hydrogens (tertiary/aromatic N) is 1. The lowest BCUT2D eigenvalue weighted by Crippen LogP contribution is -2.40. The highest BCUT2D eigenvalue weighted by molar-refractivity contribution is 5.60. The second-order valence-electron chi connectivity index (χ2n) is 5.11. The molecule has 1 atom stereocenters. The number of fused-ring (bicyclic) bond motifs is 1. The van der Waals surface area contributed by atoms with E-state index >= 15 is 0 Å². The summed E-state index contributed by atoms with van der Waals surface area (Å²) in [5.41, 5.74) is 4.26. The molecule has 0 fully saturated rings. The molecule has 1 heterocycles. The highest BCUT2D eigenvalue weighted by Crippen LogP contribution is 2.29. The normalized spacial score (nSPS) is 20.8. The zero-order valence-electron chi connectivity index (χ0n) is 10.7. The third-order valence-electron chi connectivity index (χ3n) is 3.34. The van der Waals surface area contributed by atoms with Crippen molar-refractivity contribution in [2.45, 2.75) is 46.3 Å². The third kappa shape index (κ3) is 2.07. The van der Waals surface area contributed by atoms with Crippen molar-refractivity contribution >= 4 is 5.69 Å². The van der Waals surface area contributed by atoms with Crippen LogP contribution in [0.1, 0.15) is 31.9 Å². The Labute approximate surface area is 98.7 Å². The van der Waals surface area contributed by atoms with Crippen LogP contribution in [0.2, 0.25) is 0 Å². The van der Waals surface area contributed by atoms with Crippen LogP contribution in [-0.2, 0) is 6.54 Å². The van der Waals surface area contributed by atoms with E-state index in [9.17, 15) is 0 Å². The van der Waals surface area contributed by atoms with Crippen LogP contribution in [0, 0.1) is 6.92 Å². The average molecular weight is 218 g/mol. The first-order valence-corrected chi connectivity index (χ1v) is 6.18. The standard InChI is InChI=1S/C14H22N2/c1-10(2)16-9-12(4)15-8-13-7-5-6-11(3)14(13)16/h5-7,10,12,15H,8-9H2,1-4H3. The molecule has 1 aliphatic heterocycles. The molecule has 0 spiro atoms. The fourth-order valence-electron chi connectivity index (χ4n) is 2.48. The van der Waals surface area contributed by atoms with Crippen LogP contribution in [0.25, 0.3) is 0 Å². The van der Waals surface area contributed by atoms with Crippen molar-refractivity contribution < 1.29 is 0 Å². The van der Waals surface area contributed by atoms with Gasteiger partial charge in [-0.25, -0.2) is 0 Å². The number of benzene rings is 1. The number of nitrogens with one attached hydrogen (secondary N) is 1. The van der Waals surface area contributed by atoms with E-state index in [0.29, 0.717) is 12.1 Å². The van der Waals surface area contributed by atoms with Crippen molar-refractivity contribution in [1.82, 2.24) is 5.32 Å². The molecule has 1 unspecified atom stereocenters. The summed E-state index contributed by atoms with van der Waals surface area (Å²) in [5, 5.41) is 3.57. The minimum atomic E-state index is 0.550. The lowest BCUT2D eigenvalue weighted by molar-refractivity contribution is 0.536. The summed E-state index contributed by atoms with van der Waals surface area (Å²) in [4.78, 5) is 2.52. The number of anilines is 1. The first-order chi connectivity index (χ1) is 7.59. The van der Waals surface area contributed by atoms with Crippen molar-refractivity contribution in [3.8, 4) is 0 Å². The van der Waals surface area contributed by atoms with E-state index in [4.69, 9.17) is 0 Å². The molecule has 0 amide bonds. The highest BCUT2D eigenvalue weighted by atomic mass is 15.2. The van der Waals surface area contributed by atoms with Gasteiger partial charge >= 0.3 is 0 Å². The molecule has 0 saturated carbocycles. The highest BCUT2D eigenvalue weighted by Gasteiger charge is 2.21. The SMILES string of the molecule is Cc1cccc2c1N(C(C)C)CC(C)NC2. The van der Waals surface area contributed by atoms with Crippen LogP contribution in [-0.4, -0.2) is 18.6 Å². The van der Waals surface area contributed by atoms with Crippen molar-refractivity contribution in [2.24, 2.45) is 0 Å². The van der Waals surface area contributed by atoms with Crippen LogP contribution in [0.3, 0.4) is 0 Å². The van der Waals surface area contributed by atoms with Gasteiger partial charge in [-0.3, -0.25) is 0 Å². The first kappa shape index (κ1) is 11.5. The van der Waals surface area contributed by atoms with E-state index in [0.717, 1.165) is 13.1 Å². The lowest BCUT2D eigenvalue weighted by Gasteiger charge is -2.31. The Morgan fingerprint density at radius 2 is 2.12 bits per heavy atom. The van der Waals surface area contributed by atoms with E-state index in [1.54, 1.807) is 0 Å². The number of aryl methyl sites for hydroxylation is 1. The molecule has 2 rings (SSSR count). The van der Waals surface area contributed by atoms with Gasteiger partial charge in [-0.05, 0) is 38.8 Å². The molecule has 1 aromatic rings. The second kappa shape index (κ2) is 4.46. The molecule has 1 N–H and O–H groups in total. The van der Waals surface area contributed by atoms with Crippen molar-refractivity contribution in [2.75, 3.05) is 11.4 Å². The van der Waals surface area contributed by atoms with Gasteiger partial charge in [0.2, 0.25) is 0 Å². The molecule has 88 valence electrons. The van der Waals surface area contributed by atoms with Gasteiger partial charge < -0.3 is 10.2 Å². The summed E-state index contributed by atoms with van der Waals surface area (Å²) in [5.74, 6) is 0. The summed E-state index contributed by atoms with van der Waals surface area (Å²) in [6, 6.07) is 7.72. The summed E-state index contributed by atoms with van der Waals surface area (Å²) >= 11 is 0. The number of hydrogen-bond donors (Lipinski definition) is 1. The summed E-state index contributed by atoms with van der Waals surface area (Å²) in [6.45, 7) is 11.1. The Morgan fingerprint density at radius 3 is 2.81 bits per heavy atom. The minimum Gasteiger partial charge on any atom is -0.367 e. The molecule has 0 aliphatic carbocycles. The van der Waals surface area contributed by atoms with E-state index in [1.165, 1.54) is 16.8 Å². The molecule has 0 aromatic heterocycles. The summed E-state index contributed by atoms with van der Waals surface area (Å²) in [7, 11) is 0. The zero-order chi connectivity index (χ0) is 11.7. The lowest BCUT2D eigenvalue weighted by atomic mass is 10.1. The fourth-order valence-corrected chi connectivity index (χ4v) is 2.48. The molecule has 2 nitrogen and oxygen atoms in total. The van der Waals surface area contributed by atoms with Crippen LogP contribution in [0.4, 0.5) is 5.69 Å². The summed E-state index contributed by atoms with van der Waals surface area (Å²) < 4.78 is 0. The maximum Gasteiger partial charge on any atom is 0.0444 e. The Bertz CT molecular complexity index is 371. The predicted molar refractivity (Wildman–Crippen MR) is 70.0 cm³/mol. The Balaban J connectivity index is 2.47. The Hall–Kier alpha value is -1.02. The van der Waals surface area contributed by atoms with Crippen LogP contribution in [0.5, 0.6) is 0 Å². The van der Waals surface area contributed by atoms with Crippen LogP contribution >= 0.6 is 0 Å². The number of para-hydroxylation sites is 1. The predicted octanol–water partition coefficient (Wildman–Crippen LogP) is 2.70. The quantitative estimate of drug-likeness (QED) is 0.779. The smallest absolute Gasteiger partial charge is 0.0444 e. The van der Waals surface area contributed by atoms with Gasteiger partial charge in [0.25, 0.3) is 0 Å². The van der Waals surface area contributed by atoms with Gasteiger partial charge in [-0.15, -0.1) is 0 Å². The average Bonchev–Trinajstić information content (AvgIpc) is 2.39. The first-order valence-electron chi connectivity index (χ1n) is 6.18. The Morgan fingerprint density at radius 1 is 1.38 bits per heavy atom. The van der Waals surface area contributed by atoms with Crippen LogP contribution < -0.4 is 10.2 Å². The van der Waals surface area contributed by atoms with Gasteiger partial charge in [-0.1, -0.05) is 18.2 Å². The molecule has 1 aliphatic rings. The van der Waals surface area contributed by atoms with Crippen molar-refractivity contribution in [1.29, 1.82) is 0 Å². The molecule has 2 heteroatoms. The molecule has 1 aromatic carbocycles. The number of hydrogen-bond acceptors (Lipinski definition) is 2. The van der Waals surface area contributed by atoms with Gasteiger partial charge in [0.15, 0.2) is 0 Å². The summed E-state index contributed by atoms with van der Waals surface area (Å²) in [6.07, 6.45) is 0. The molecule has 0 bridgehead atoms. The largest absolute Gasteiger partial charge is 0.367 e. The van der Waals surface area contributed by atoms with Gasteiger partial charge in [0, 0.05) is 30.9 Å². The molecule has 0 radical (unpaired) electrons. The van der Waals surface area contributed by atoms with E-state index in [2.05, 4.69) is 56.1 Å². The van der Waals surface area contributed by atoms with Crippen molar-refractivity contribution in [3.05, 3.63) is 29.3 Å². The molecular formula is C14H22N2.